The highest BCUT2D eigenvalue weighted by Crippen LogP contribution is 2.58. The Morgan fingerprint density at radius 1 is 0.900 bits per heavy atom. The fourth-order valence-electron chi connectivity index (χ4n) is 5.77. The standard InChI is InChI=1S/C17H28N2O/c20-17(15-7-2-1-3-8-18-15)19-16-10-11-9-14(16)13-6-4-5-12(11)13/h11-16,18H,1-10H2,(H,19,20). The first-order valence-electron chi connectivity index (χ1n) is 8.86. The Labute approximate surface area is 122 Å². The molecule has 4 aliphatic rings. The number of rotatable bonds is 2. The highest BCUT2D eigenvalue weighted by Gasteiger charge is 2.54. The molecule has 3 heteroatoms. The van der Waals surface area contributed by atoms with E-state index in [1.54, 1.807) is 0 Å². The minimum atomic E-state index is 0.0796. The van der Waals surface area contributed by atoms with Crippen LogP contribution in [-0.2, 0) is 4.79 Å². The molecule has 3 saturated carbocycles. The molecule has 6 unspecified atom stereocenters. The molecule has 2 bridgehead atoms. The highest BCUT2D eigenvalue weighted by atomic mass is 16.2. The molecule has 3 aliphatic carbocycles. The number of nitrogens with one attached hydrogen (secondary N) is 2. The van der Waals surface area contributed by atoms with Crippen LogP contribution in [0.5, 0.6) is 0 Å². The summed E-state index contributed by atoms with van der Waals surface area (Å²) in [6.07, 6.45) is 11.7. The molecule has 2 N–H and O–H groups in total. The summed E-state index contributed by atoms with van der Waals surface area (Å²) in [5.74, 6) is 3.99. The molecule has 6 atom stereocenters. The Morgan fingerprint density at radius 3 is 2.75 bits per heavy atom. The molecule has 1 saturated heterocycles. The van der Waals surface area contributed by atoms with E-state index in [4.69, 9.17) is 0 Å². The molecule has 1 heterocycles. The maximum absolute atomic E-state index is 12.5. The summed E-state index contributed by atoms with van der Waals surface area (Å²) in [4.78, 5) is 12.5. The Bertz CT molecular complexity index is 375. The van der Waals surface area contributed by atoms with Crippen molar-refractivity contribution >= 4 is 5.91 Å². The Kier molecular flexibility index (Phi) is 3.49. The van der Waals surface area contributed by atoms with E-state index in [-0.39, 0.29) is 6.04 Å². The predicted molar refractivity (Wildman–Crippen MR) is 79.2 cm³/mol. The summed E-state index contributed by atoms with van der Waals surface area (Å²) in [6.45, 7) is 1.01. The SMILES string of the molecule is O=C(NC1CC2CC1C1CCCC21)C1CCCCCN1. The van der Waals surface area contributed by atoms with Crippen LogP contribution < -0.4 is 10.6 Å². The van der Waals surface area contributed by atoms with E-state index in [1.807, 2.05) is 0 Å². The summed E-state index contributed by atoms with van der Waals surface area (Å²) in [5.41, 5.74) is 0. The number of carbonyl (C=O) groups excluding carboxylic acids is 1. The van der Waals surface area contributed by atoms with E-state index >= 15 is 0 Å². The van der Waals surface area contributed by atoms with Gasteiger partial charge in [-0.15, -0.1) is 0 Å². The summed E-state index contributed by atoms with van der Waals surface area (Å²) in [6, 6.07) is 0.577. The first-order chi connectivity index (χ1) is 9.83. The number of carbonyl (C=O) groups is 1. The van der Waals surface area contributed by atoms with Crippen LogP contribution in [0, 0.1) is 23.7 Å². The second kappa shape index (κ2) is 5.32. The summed E-state index contributed by atoms with van der Waals surface area (Å²) in [5, 5.41) is 6.85. The number of hydrogen-bond acceptors (Lipinski definition) is 2. The number of hydrogen-bond donors (Lipinski definition) is 2. The smallest absolute Gasteiger partial charge is 0.237 e. The lowest BCUT2D eigenvalue weighted by Gasteiger charge is -2.33. The maximum Gasteiger partial charge on any atom is 0.237 e. The molecule has 0 aromatic heterocycles. The zero-order chi connectivity index (χ0) is 13.5. The minimum absolute atomic E-state index is 0.0796. The van der Waals surface area contributed by atoms with E-state index in [2.05, 4.69) is 10.6 Å². The van der Waals surface area contributed by atoms with Gasteiger partial charge in [0.05, 0.1) is 6.04 Å². The lowest BCUT2D eigenvalue weighted by Crippen LogP contribution is -2.50. The Morgan fingerprint density at radius 2 is 1.80 bits per heavy atom. The monoisotopic (exact) mass is 276 g/mol. The van der Waals surface area contributed by atoms with Gasteiger partial charge in [-0.1, -0.05) is 19.3 Å². The van der Waals surface area contributed by atoms with Crippen molar-refractivity contribution in [3.63, 3.8) is 0 Å². The molecular weight excluding hydrogens is 248 g/mol. The average molecular weight is 276 g/mol. The molecule has 1 amide bonds. The fraction of sp³-hybridized carbons (Fsp3) is 0.941. The van der Waals surface area contributed by atoms with E-state index in [1.165, 1.54) is 51.4 Å². The van der Waals surface area contributed by atoms with Crippen molar-refractivity contribution in [1.29, 1.82) is 0 Å². The third kappa shape index (κ3) is 2.18. The van der Waals surface area contributed by atoms with E-state index in [0.717, 1.165) is 36.6 Å². The van der Waals surface area contributed by atoms with Gasteiger partial charge in [0.2, 0.25) is 5.91 Å². The van der Waals surface area contributed by atoms with E-state index in [0.29, 0.717) is 11.9 Å². The van der Waals surface area contributed by atoms with Crippen molar-refractivity contribution < 1.29 is 4.79 Å². The van der Waals surface area contributed by atoms with Gasteiger partial charge in [-0.25, -0.2) is 0 Å². The van der Waals surface area contributed by atoms with Crippen LogP contribution in [0.3, 0.4) is 0 Å². The molecule has 0 aromatic rings. The van der Waals surface area contributed by atoms with Gasteiger partial charge in [-0.05, 0) is 68.7 Å². The fourth-order valence-corrected chi connectivity index (χ4v) is 5.77. The zero-order valence-electron chi connectivity index (χ0n) is 12.4. The third-order valence-corrected chi connectivity index (χ3v) is 6.63. The van der Waals surface area contributed by atoms with Crippen molar-refractivity contribution in [2.24, 2.45) is 23.7 Å². The summed E-state index contributed by atoms with van der Waals surface area (Å²) >= 11 is 0. The molecular formula is C17H28N2O. The van der Waals surface area contributed by atoms with Crippen LogP contribution in [-0.4, -0.2) is 24.5 Å². The second-order valence-corrected chi connectivity index (χ2v) is 7.63. The van der Waals surface area contributed by atoms with Crippen LogP contribution in [0.15, 0.2) is 0 Å². The van der Waals surface area contributed by atoms with Crippen molar-refractivity contribution in [3.8, 4) is 0 Å². The molecule has 1 aliphatic heterocycles. The van der Waals surface area contributed by atoms with Crippen LogP contribution in [0.1, 0.15) is 57.8 Å². The molecule has 0 spiro atoms. The van der Waals surface area contributed by atoms with Gasteiger partial charge in [0, 0.05) is 6.04 Å². The topological polar surface area (TPSA) is 41.1 Å². The lowest BCUT2D eigenvalue weighted by atomic mass is 9.79. The van der Waals surface area contributed by atoms with Crippen molar-refractivity contribution in [3.05, 3.63) is 0 Å². The van der Waals surface area contributed by atoms with Crippen LogP contribution in [0.4, 0.5) is 0 Å². The first-order valence-corrected chi connectivity index (χ1v) is 8.86. The molecule has 0 aromatic carbocycles. The van der Waals surface area contributed by atoms with Crippen molar-refractivity contribution in [2.75, 3.05) is 6.54 Å². The van der Waals surface area contributed by atoms with Gasteiger partial charge < -0.3 is 10.6 Å². The van der Waals surface area contributed by atoms with Crippen molar-refractivity contribution in [1.82, 2.24) is 10.6 Å². The Balaban J connectivity index is 1.36. The molecule has 4 rings (SSSR count). The largest absolute Gasteiger partial charge is 0.352 e. The quantitative estimate of drug-likeness (QED) is 0.813. The van der Waals surface area contributed by atoms with Gasteiger partial charge in [-0.3, -0.25) is 4.79 Å². The second-order valence-electron chi connectivity index (χ2n) is 7.63. The predicted octanol–water partition coefficient (Wildman–Crippen LogP) is 2.46. The highest BCUT2D eigenvalue weighted by molar-refractivity contribution is 5.82. The first kappa shape index (κ1) is 13.1. The van der Waals surface area contributed by atoms with Crippen molar-refractivity contribution in [2.45, 2.75) is 69.9 Å². The third-order valence-electron chi connectivity index (χ3n) is 6.63. The van der Waals surface area contributed by atoms with Crippen LogP contribution in [0.2, 0.25) is 0 Å². The van der Waals surface area contributed by atoms with Gasteiger partial charge in [0.25, 0.3) is 0 Å². The minimum Gasteiger partial charge on any atom is -0.352 e. The van der Waals surface area contributed by atoms with Crippen LogP contribution in [0.25, 0.3) is 0 Å². The molecule has 112 valence electrons. The summed E-state index contributed by atoms with van der Waals surface area (Å²) in [7, 11) is 0. The number of fused-ring (bicyclic) bond motifs is 5. The molecule has 3 nitrogen and oxygen atoms in total. The Hall–Kier alpha value is -0.570. The van der Waals surface area contributed by atoms with Gasteiger partial charge in [0.1, 0.15) is 0 Å². The number of amides is 1. The van der Waals surface area contributed by atoms with Gasteiger partial charge in [-0.2, -0.15) is 0 Å². The molecule has 4 fully saturated rings. The van der Waals surface area contributed by atoms with Gasteiger partial charge in [0.15, 0.2) is 0 Å². The molecule has 0 radical (unpaired) electrons. The summed E-state index contributed by atoms with van der Waals surface area (Å²) < 4.78 is 0. The van der Waals surface area contributed by atoms with E-state index < -0.39 is 0 Å². The lowest BCUT2D eigenvalue weighted by molar-refractivity contribution is -0.124. The van der Waals surface area contributed by atoms with E-state index in [9.17, 15) is 4.79 Å². The molecule has 20 heavy (non-hydrogen) atoms. The van der Waals surface area contributed by atoms with Crippen LogP contribution >= 0.6 is 0 Å². The normalized spacial score (nSPS) is 47.0. The zero-order valence-corrected chi connectivity index (χ0v) is 12.4. The van der Waals surface area contributed by atoms with Gasteiger partial charge >= 0.3 is 0 Å². The maximum atomic E-state index is 12.5. The average Bonchev–Trinajstić information content (AvgIpc) is 3.06.